The van der Waals surface area contributed by atoms with Crippen molar-refractivity contribution in [3.05, 3.63) is 35.4 Å². The van der Waals surface area contributed by atoms with Crippen molar-refractivity contribution in [2.75, 3.05) is 6.54 Å². The maximum Gasteiger partial charge on any atom is 0.130 e. The number of benzene rings is 1. The molecule has 0 amide bonds. The van der Waals surface area contributed by atoms with Crippen LogP contribution in [0.2, 0.25) is 0 Å². The van der Waals surface area contributed by atoms with Crippen LogP contribution in [0.25, 0.3) is 0 Å². The summed E-state index contributed by atoms with van der Waals surface area (Å²) in [6.45, 7) is 2.68. The summed E-state index contributed by atoms with van der Waals surface area (Å²) in [6, 6.07) is 4.09. The maximum absolute atomic E-state index is 13.5. The van der Waals surface area contributed by atoms with E-state index in [4.69, 9.17) is 0 Å². The molecule has 1 aromatic carbocycles. The van der Waals surface area contributed by atoms with E-state index >= 15 is 0 Å². The number of nitrogens with zero attached hydrogens (tertiary/aromatic N) is 1. The van der Waals surface area contributed by atoms with E-state index in [-0.39, 0.29) is 0 Å². The van der Waals surface area contributed by atoms with Crippen molar-refractivity contribution in [2.24, 2.45) is 0 Å². The lowest BCUT2D eigenvalue weighted by Gasteiger charge is -2.23. The van der Waals surface area contributed by atoms with Gasteiger partial charge >= 0.3 is 0 Å². The largest absolute Gasteiger partial charge is 0.392 e. The van der Waals surface area contributed by atoms with Gasteiger partial charge in [-0.3, -0.25) is 4.90 Å². The fourth-order valence-electron chi connectivity index (χ4n) is 1.99. The minimum absolute atomic E-state index is 0.431. The monoisotopic (exact) mass is 241 g/mol. The predicted molar refractivity (Wildman–Crippen MR) is 61.5 cm³/mol. The Hall–Kier alpha value is -1.00. The van der Waals surface area contributed by atoms with Gasteiger partial charge in [-0.15, -0.1) is 0 Å². The van der Waals surface area contributed by atoms with Crippen LogP contribution in [0.4, 0.5) is 8.78 Å². The van der Waals surface area contributed by atoms with Gasteiger partial charge in [-0.25, -0.2) is 8.78 Å². The van der Waals surface area contributed by atoms with Crippen molar-refractivity contribution in [2.45, 2.75) is 38.5 Å². The molecule has 17 heavy (non-hydrogen) atoms. The highest BCUT2D eigenvalue weighted by Gasteiger charge is 2.30. The average Bonchev–Trinajstić information content (AvgIpc) is 3.03. The summed E-state index contributed by atoms with van der Waals surface area (Å²) in [5, 5.41) is 9.40. The molecular weight excluding hydrogens is 224 g/mol. The van der Waals surface area contributed by atoms with Crippen molar-refractivity contribution in [3.63, 3.8) is 0 Å². The number of halogens is 2. The molecule has 1 aliphatic carbocycles. The summed E-state index contributed by atoms with van der Waals surface area (Å²) in [4.78, 5) is 2.06. The van der Waals surface area contributed by atoms with E-state index in [0.717, 1.165) is 18.9 Å². The van der Waals surface area contributed by atoms with Gasteiger partial charge < -0.3 is 5.11 Å². The molecule has 2 rings (SSSR count). The zero-order valence-corrected chi connectivity index (χ0v) is 9.87. The molecule has 1 saturated carbocycles. The Kier molecular flexibility index (Phi) is 3.74. The van der Waals surface area contributed by atoms with Crippen molar-refractivity contribution in [3.8, 4) is 0 Å². The molecule has 1 unspecified atom stereocenters. The highest BCUT2D eigenvalue weighted by molar-refractivity contribution is 5.18. The average molecular weight is 241 g/mol. The van der Waals surface area contributed by atoms with Gasteiger partial charge in [0.05, 0.1) is 6.10 Å². The van der Waals surface area contributed by atoms with E-state index in [1.54, 1.807) is 6.92 Å². The molecule has 1 atom stereocenters. The number of aliphatic hydroxyl groups is 1. The summed E-state index contributed by atoms with van der Waals surface area (Å²) in [5.74, 6) is -1.07. The molecule has 0 heterocycles. The molecule has 0 radical (unpaired) electrons. The van der Waals surface area contributed by atoms with Gasteiger partial charge in [0, 0.05) is 30.8 Å². The lowest BCUT2D eigenvalue weighted by atomic mass is 10.2. The number of rotatable bonds is 5. The molecule has 0 bridgehead atoms. The molecule has 1 aromatic rings. The van der Waals surface area contributed by atoms with E-state index in [0.29, 0.717) is 24.7 Å². The quantitative estimate of drug-likeness (QED) is 0.855. The normalized spacial score (nSPS) is 17.5. The molecule has 0 spiro atoms. The van der Waals surface area contributed by atoms with Crippen LogP contribution < -0.4 is 0 Å². The fraction of sp³-hybridized carbons (Fsp3) is 0.538. The second-order valence-electron chi connectivity index (χ2n) is 4.75. The summed E-state index contributed by atoms with van der Waals surface area (Å²) in [5.41, 5.74) is 0.485. The first-order chi connectivity index (χ1) is 8.06. The summed E-state index contributed by atoms with van der Waals surface area (Å²) >= 11 is 0. The summed E-state index contributed by atoms with van der Waals surface area (Å²) in [7, 11) is 0. The van der Waals surface area contributed by atoms with E-state index in [1.807, 2.05) is 0 Å². The smallest absolute Gasteiger partial charge is 0.130 e. The van der Waals surface area contributed by atoms with Crippen LogP contribution in [0.15, 0.2) is 18.2 Å². The van der Waals surface area contributed by atoms with Gasteiger partial charge in [0.1, 0.15) is 11.6 Å². The van der Waals surface area contributed by atoms with E-state index in [1.165, 1.54) is 12.1 Å². The second kappa shape index (κ2) is 5.10. The standard InChI is InChI=1S/C13H17F2NO/c1-9(17)7-16(12-4-5-12)8-10-2-3-11(14)6-13(10)15/h2-3,6,9,12,17H,4-5,7-8H2,1H3. The second-order valence-corrected chi connectivity index (χ2v) is 4.75. The maximum atomic E-state index is 13.5. The predicted octanol–water partition coefficient (Wildman–Crippen LogP) is 2.31. The number of hydrogen-bond acceptors (Lipinski definition) is 2. The van der Waals surface area contributed by atoms with E-state index < -0.39 is 17.7 Å². The third-order valence-corrected chi connectivity index (χ3v) is 2.95. The lowest BCUT2D eigenvalue weighted by Crippen LogP contribution is -2.32. The molecule has 0 aliphatic heterocycles. The van der Waals surface area contributed by atoms with Gasteiger partial charge in [0.15, 0.2) is 0 Å². The third-order valence-electron chi connectivity index (χ3n) is 2.95. The van der Waals surface area contributed by atoms with Crippen LogP contribution in [-0.2, 0) is 6.54 Å². The molecule has 1 fully saturated rings. The molecule has 1 aliphatic rings. The minimum Gasteiger partial charge on any atom is -0.392 e. The van der Waals surface area contributed by atoms with Gasteiger partial charge in [0.2, 0.25) is 0 Å². The number of hydrogen-bond donors (Lipinski definition) is 1. The molecule has 0 aromatic heterocycles. The van der Waals surface area contributed by atoms with Gasteiger partial charge in [-0.05, 0) is 25.8 Å². The van der Waals surface area contributed by atoms with Crippen LogP contribution in [0, 0.1) is 11.6 Å². The Morgan fingerprint density at radius 3 is 2.65 bits per heavy atom. The van der Waals surface area contributed by atoms with Crippen LogP contribution >= 0.6 is 0 Å². The molecule has 4 heteroatoms. The molecule has 0 saturated heterocycles. The van der Waals surface area contributed by atoms with E-state index in [9.17, 15) is 13.9 Å². The first kappa shape index (κ1) is 12.5. The third kappa shape index (κ3) is 3.48. The molecule has 1 N–H and O–H groups in total. The Bertz CT molecular complexity index is 391. The van der Waals surface area contributed by atoms with Crippen LogP contribution in [-0.4, -0.2) is 28.7 Å². The van der Waals surface area contributed by atoms with E-state index in [2.05, 4.69) is 4.90 Å². The Morgan fingerprint density at radius 1 is 1.41 bits per heavy atom. The highest BCUT2D eigenvalue weighted by Crippen LogP contribution is 2.28. The first-order valence-electron chi connectivity index (χ1n) is 5.92. The van der Waals surface area contributed by atoms with Gasteiger partial charge in [-0.1, -0.05) is 6.07 Å². The minimum atomic E-state index is -0.556. The highest BCUT2D eigenvalue weighted by atomic mass is 19.1. The molecule has 2 nitrogen and oxygen atoms in total. The van der Waals surface area contributed by atoms with Gasteiger partial charge in [0.25, 0.3) is 0 Å². The van der Waals surface area contributed by atoms with Crippen molar-refractivity contribution in [1.29, 1.82) is 0 Å². The topological polar surface area (TPSA) is 23.5 Å². The Balaban J connectivity index is 2.06. The Labute approximate surface area is 99.9 Å². The van der Waals surface area contributed by atoms with Crippen molar-refractivity contribution in [1.82, 2.24) is 4.90 Å². The fourth-order valence-corrected chi connectivity index (χ4v) is 1.99. The first-order valence-corrected chi connectivity index (χ1v) is 5.92. The zero-order chi connectivity index (χ0) is 12.4. The summed E-state index contributed by atoms with van der Waals surface area (Å²) < 4.78 is 26.3. The van der Waals surface area contributed by atoms with Crippen LogP contribution in [0.3, 0.4) is 0 Å². The van der Waals surface area contributed by atoms with Crippen molar-refractivity contribution >= 4 is 0 Å². The lowest BCUT2D eigenvalue weighted by molar-refractivity contribution is 0.117. The SMILES string of the molecule is CC(O)CN(Cc1ccc(F)cc1F)C1CC1. The van der Waals surface area contributed by atoms with Crippen molar-refractivity contribution < 1.29 is 13.9 Å². The van der Waals surface area contributed by atoms with Crippen LogP contribution in [0.1, 0.15) is 25.3 Å². The number of aliphatic hydroxyl groups excluding tert-OH is 1. The zero-order valence-electron chi connectivity index (χ0n) is 9.87. The Morgan fingerprint density at radius 2 is 2.12 bits per heavy atom. The van der Waals surface area contributed by atoms with Gasteiger partial charge in [-0.2, -0.15) is 0 Å². The molecular formula is C13H17F2NO. The molecule has 94 valence electrons. The summed E-state index contributed by atoms with van der Waals surface area (Å²) in [6.07, 6.45) is 1.75. The van der Waals surface area contributed by atoms with Crippen LogP contribution in [0.5, 0.6) is 0 Å².